The standard InChI is InChI=1S/C39H45F3N3O5P/c1-3-48-51(46,49-4-2)27-31-10-7-9-30(21-31)26-47-37-14-6-5-11-32(37)22-28-17-19-45(20-18-28)25-29-15-16-35-36(23-29)44-38(43-35)33-12-8-13-34(24-33)50-39(40,41)42/h5-16,21,23-24,28,35-36H,3-4,17-20,22,25-27H2,1-2H3,(H,43,44). The molecule has 272 valence electrons. The molecule has 0 radical (unpaired) electrons. The van der Waals surface area contributed by atoms with Crippen LogP contribution in [-0.2, 0) is 32.8 Å². The fraction of sp³-hybridized carbons (Fsp3) is 0.410. The maximum atomic E-state index is 13.0. The summed E-state index contributed by atoms with van der Waals surface area (Å²) in [6.07, 6.45) is 4.96. The first-order chi connectivity index (χ1) is 24.6. The van der Waals surface area contributed by atoms with E-state index in [1.165, 1.54) is 29.3 Å². The van der Waals surface area contributed by atoms with Gasteiger partial charge in [0.15, 0.2) is 0 Å². The van der Waals surface area contributed by atoms with Crippen molar-refractivity contribution in [1.82, 2.24) is 10.2 Å². The third-order valence-electron chi connectivity index (χ3n) is 9.20. The molecule has 3 aromatic rings. The zero-order valence-electron chi connectivity index (χ0n) is 29.0. The van der Waals surface area contributed by atoms with Gasteiger partial charge in [-0.05, 0) is 92.6 Å². The highest BCUT2D eigenvalue weighted by molar-refractivity contribution is 7.53. The Labute approximate surface area is 297 Å². The predicted molar refractivity (Wildman–Crippen MR) is 192 cm³/mol. The third-order valence-corrected chi connectivity index (χ3v) is 11.3. The average molecular weight is 724 g/mol. The van der Waals surface area contributed by atoms with E-state index in [1.54, 1.807) is 6.07 Å². The van der Waals surface area contributed by atoms with Gasteiger partial charge in [-0.15, -0.1) is 13.2 Å². The maximum absolute atomic E-state index is 13.0. The van der Waals surface area contributed by atoms with Gasteiger partial charge in [0.1, 0.15) is 23.9 Å². The molecular weight excluding hydrogens is 678 g/mol. The van der Waals surface area contributed by atoms with Crippen molar-refractivity contribution in [2.75, 3.05) is 32.8 Å². The van der Waals surface area contributed by atoms with E-state index in [1.807, 2.05) is 50.2 Å². The average Bonchev–Trinajstić information content (AvgIpc) is 3.52. The molecule has 2 atom stereocenters. The lowest BCUT2D eigenvalue weighted by Gasteiger charge is -2.33. The van der Waals surface area contributed by atoms with Crippen molar-refractivity contribution in [3.05, 3.63) is 119 Å². The minimum absolute atomic E-state index is 0.0458. The van der Waals surface area contributed by atoms with Gasteiger partial charge < -0.3 is 23.8 Å². The van der Waals surface area contributed by atoms with Gasteiger partial charge in [0, 0.05) is 12.1 Å². The summed E-state index contributed by atoms with van der Waals surface area (Å²) in [5.74, 6) is 1.73. The Morgan fingerprint density at radius 3 is 2.45 bits per heavy atom. The normalized spacial score (nSPS) is 19.6. The molecule has 1 saturated heterocycles. The molecule has 1 fully saturated rings. The summed E-state index contributed by atoms with van der Waals surface area (Å²) >= 11 is 0. The topological polar surface area (TPSA) is 81.6 Å². The van der Waals surface area contributed by atoms with Gasteiger partial charge in [0.05, 0.1) is 31.5 Å². The highest BCUT2D eigenvalue weighted by Crippen LogP contribution is 2.51. The Morgan fingerprint density at radius 2 is 1.69 bits per heavy atom. The van der Waals surface area contributed by atoms with Crippen LogP contribution in [0.25, 0.3) is 0 Å². The van der Waals surface area contributed by atoms with E-state index >= 15 is 0 Å². The predicted octanol–water partition coefficient (Wildman–Crippen LogP) is 8.47. The van der Waals surface area contributed by atoms with E-state index in [0.29, 0.717) is 37.1 Å². The highest BCUT2D eigenvalue weighted by atomic mass is 31.2. The minimum Gasteiger partial charge on any atom is -0.489 e. The van der Waals surface area contributed by atoms with Gasteiger partial charge in [0.2, 0.25) is 0 Å². The summed E-state index contributed by atoms with van der Waals surface area (Å²) in [6.45, 7) is 7.52. The first-order valence-corrected chi connectivity index (χ1v) is 19.3. The molecule has 3 aliphatic rings. The van der Waals surface area contributed by atoms with Crippen molar-refractivity contribution < 1.29 is 36.3 Å². The number of aliphatic imine (C=N–C) groups is 1. The minimum atomic E-state index is -4.75. The van der Waals surface area contributed by atoms with Gasteiger partial charge in [0.25, 0.3) is 0 Å². The number of hydrogen-bond acceptors (Lipinski definition) is 8. The molecular formula is C39H45F3N3O5P. The highest BCUT2D eigenvalue weighted by Gasteiger charge is 2.33. The van der Waals surface area contributed by atoms with Crippen molar-refractivity contribution in [3.8, 4) is 11.5 Å². The lowest BCUT2D eigenvalue weighted by atomic mass is 9.89. The monoisotopic (exact) mass is 723 g/mol. The SMILES string of the molecule is CCOP(=O)(Cc1cccc(COc2ccccc2CC2CCN(CC3=CC4NC(c5cccc(OC(F)(F)F)c5)=NC4C=C3)CC2)c1)OCC. The van der Waals surface area contributed by atoms with Crippen LogP contribution in [0, 0.1) is 5.92 Å². The Bertz CT molecular complexity index is 1780. The molecule has 0 spiro atoms. The van der Waals surface area contributed by atoms with Gasteiger partial charge in [-0.25, -0.2) is 0 Å². The Balaban J connectivity index is 0.981. The van der Waals surface area contributed by atoms with Crippen LogP contribution < -0.4 is 14.8 Å². The summed E-state index contributed by atoms with van der Waals surface area (Å²) in [6, 6.07) is 21.9. The number of nitrogens with zero attached hydrogens (tertiary/aromatic N) is 2. The molecule has 0 amide bonds. The van der Waals surface area contributed by atoms with Crippen LogP contribution in [-0.4, -0.2) is 62.0 Å². The van der Waals surface area contributed by atoms with E-state index in [9.17, 15) is 17.7 Å². The largest absolute Gasteiger partial charge is 0.573 e. The van der Waals surface area contributed by atoms with Gasteiger partial charge in [-0.2, -0.15) is 0 Å². The second-order valence-corrected chi connectivity index (χ2v) is 15.1. The second kappa shape index (κ2) is 16.6. The lowest BCUT2D eigenvalue weighted by Crippen LogP contribution is -2.38. The number of piperidine rings is 1. The Hall–Kier alpha value is -3.89. The van der Waals surface area contributed by atoms with Crippen LogP contribution in [0.3, 0.4) is 0 Å². The van der Waals surface area contributed by atoms with Crippen LogP contribution in [0.4, 0.5) is 13.2 Å². The summed E-state index contributed by atoms with van der Waals surface area (Å²) < 4.78 is 72.6. The van der Waals surface area contributed by atoms with E-state index < -0.39 is 14.0 Å². The molecule has 2 heterocycles. The molecule has 0 saturated carbocycles. The Morgan fingerprint density at radius 1 is 0.941 bits per heavy atom. The number of rotatable bonds is 15. The zero-order chi connectivity index (χ0) is 35.8. The van der Waals surface area contributed by atoms with Crippen molar-refractivity contribution >= 4 is 13.4 Å². The molecule has 3 aromatic carbocycles. The zero-order valence-corrected chi connectivity index (χ0v) is 29.9. The molecule has 8 nitrogen and oxygen atoms in total. The second-order valence-electron chi connectivity index (χ2n) is 13.1. The molecule has 6 rings (SSSR count). The number of alkyl halides is 3. The number of amidine groups is 1. The van der Waals surface area contributed by atoms with E-state index in [2.05, 4.69) is 45.3 Å². The smallest absolute Gasteiger partial charge is 0.489 e. The first-order valence-electron chi connectivity index (χ1n) is 17.6. The number of benzene rings is 3. The Kier molecular flexibility index (Phi) is 12.0. The molecule has 0 bridgehead atoms. The van der Waals surface area contributed by atoms with Crippen LogP contribution >= 0.6 is 7.60 Å². The van der Waals surface area contributed by atoms with Crippen LogP contribution in [0.15, 0.2) is 102 Å². The first kappa shape index (κ1) is 36.9. The molecule has 2 aliphatic heterocycles. The molecule has 1 aliphatic carbocycles. The van der Waals surface area contributed by atoms with E-state index in [-0.39, 0.29) is 24.0 Å². The molecule has 51 heavy (non-hydrogen) atoms. The molecule has 12 heteroatoms. The molecule has 0 aromatic heterocycles. The number of para-hydroxylation sites is 1. The van der Waals surface area contributed by atoms with E-state index in [4.69, 9.17) is 18.8 Å². The lowest BCUT2D eigenvalue weighted by molar-refractivity contribution is -0.274. The molecule has 2 unspecified atom stereocenters. The summed E-state index contributed by atoms with van der Waals surface area (Å²) in [5, 5.41) is 3.38. The quantitative estimate of drug-likeness (QED) is 0.158. The van der Waals surface area contributed by atoms with Crippen LogP contribution in [0.5, 0.6) is 11.5 Å². The van der Waals surface area contributed by atoms with Crippen LogP contribution in [0.2, 0.25) is 0 Å². The van der Waals surface area contributed by atoms with Gasteiger partial charge in [-0.1, -0.05) is 72.8 Å². The van der Waals surface area contributed by atoms with Crippen molar-refractivity contribution in [2.45, 2.75) is 64.3 Å². The third kappa shape index (κ3) is 10.3. The summed E-state index contributed by atoms with van der Waals surface area (Å²) in [4.78, 5) is 7.19. The van der Waals surface area contributed by atoms with E-state index in [0.717, 1.165) is 55.8 Å². The number of nitrogens with one attached hydrogen (secondary N) is 1. The number of hydrogen-bond donors (Lipinski definition) is 1. The van der Waals surface area contributed by atoms with Crippen LogP contribution in [0.1, 0.15) is 48.9 Å². The number of halogens is 3. The maximum Gasteiger partial charge on any atom is 0.573 e. The van der Waals surface area contributed by atoms with Crippen molar-refractivity contribution in [2.24, 2.45) is 10.9 Å². The van der Waals surface area contributed by atoms with Crippen molar-refractivity contribution in [3.63, 3.8) is 0 Å². The summed E-state index contributed by atoms with van der Waals surface area (Å²) in [7, 11) is -3.19. The number of fused-ring (bicyclic) bond motifs is 1. The number of likely N-dealkylation sites (tertiary alicyclic amines) is 1. The number of ether oxygens (including phenoxy) is 2. The van der Waals surface area contributed by atoms with Gasteiger partial charge in [-0.3, -0.25) is 14.5 Å². The van der Waals surface area contributed by atoms with Gasteiger partial charge >= 0.3 is 14.0 Å². The molecule has 1 N–H and O–H groups in total. The summed E-state index contributed by atoms with van der Waals surface area (Å²) in [5.41, 5.74) is 4.85. The fourth-order valence-electron chi connectivity index (χ4n) is 6.88. The van der Waals surface area contributed by atoms with Crippen molar-refractivity contribution in [1.29, 1.82) is 0 Å². The fourth-order valence-corrected chi connectivity index (χ4v) is 8.57.